The van der Waals surface area contributed by atoms with Gasteiger partial charge in [-0.05, 0) is 44.5 Å². The van der Waals surface area contributed by atoms with Crippen LogP contribution in [0.2, 0.25) is 0 Å². The SMILES string of the molecule is Cc1ccc([N+](=O)[O-])cc1OCCN1CCCCC1. The van der Waals surface area contributed by atoms with Gasteiger partial charge in [-0.15, -0.1) is 0 Å². The summed E-state index contributed by atoms with van der Waals surface area (Å²) in [5, 5.41) is 10.7. The molecule has 0 radical (unpaired) electrons. The Labute approximate surface area is 113 Å². The summed E-state index contributed by atoms with van der Waals surface area (Å²) in [6, 6.07) is 4.74. The Kier molecular flexibility index (Phi) is 4.74. The molecule has 2 rings (SSSR count). The molecule has 104 valence electrons. The third-order valence-electron chi connectivity index (χ3n) is 3.50. The molecular formula is C14H20N2O3. The lowest BCUT2D eigenvalue weighted by Crippen LogP contribution is -2.33. The van der Waals surface area contributed by atoms with E-state index in [1.807, 2.05) is 6.92 Å². The van der Waals surface area contributed by atoms with Gasteiger partial charge in [0.15, 0.2) is 0 Å². The van der Waals surface area contributed by atoms with Crippen LogP contribution in [0.1, 0.15) is 24.8 Å². The smallest absolute Gasteiger partial charge is 0.273 e. The summed E-state index contributed by atoms with van der Waals surface area (Å²) in [4.78, 5) is 12.7. The number of nitrogens with zero attached hydrogens (tertiary/aromatic N) is 2. The molecule has 5 heteroatoms. The molecule has 0 bridgehead atoms. The Morgan fingerprint density at radius 1 is 1.32 bits per heavy atom. The number of likely N-dealkylation sites (tertiary alicyclic amines) is 1. The van der Waals surface area contributed by atoms with E-state index in [0.29, 0.717) is 12.4 Å². The van der Waals surface area contributed by atoms with Gasteiger partial charge in [0, 0.05) is 12.6 Å². The average Bonchev–Trinajstić information content (AvgIpc) is 2.42. The molecular weight excluding hydrogens is 244 g/mol. The van der Waals surface area contributed by atoms with E-state index in [1.54, 1.807) is 6.07 Å². The molecule has 0 aromatic heterocycles. The van der Waals surface area contributed by atoms with Gasteiger partial charge < -0.3 is 4.74 Å². The number of nitro benzene ring substituents is 1. The fourth-order valence-electron chi connectivity index (χ4n) is 2.33. The maximum atomic E-state index is 10.7. The van der Waals surface area contributed by atoms with Crippen LogP contribution >= 0.6 is 0 Å². The minimum absolute atomic E-state index is 0.0820. The third kappa shape index (κ3) is 3.92. The molecule has 1 aliphatic heterocycles. The topological polar surface area (TPSA) is 55.6 Å². The number of benzene rings is 1. The van der Waals surface area contributed by atoms with E-state index >= 15 is 0 Å². The van der Waals surface area contributed by atoms with Crippen molar-refractivity contribution in [3.63, 3.8) is 0 Å². The monoisotopic (exact) mass is 264 g/mol. The number of hydrogen-bond donors (Lipinski definition) is 0. The highest BCUT2D eigenvalue weighted by molar-refractivity contribution is 5.43. The first-order valence-corrected chi connectivity index (χ1v) is 6.77. The normalized spacial score (nSPS) is 16.3. The van der Waals surface area contributed by atoms with Crippen LogP contribution in [-0.2, 0) is 0 Å². The molecule has 1 saturated heterocycles. The summed E-state index contributed by atoms with van der Waals surface area (Å²) in [7, 11) is 0. The highest BCUT2D eigenvalue weighted by atomic mass is 16.6. The van der Waals surface area contributed by atoms with Crippen LogP contribution in [-0.4, -0.2) is 36.1 Å². The second kappa shape index (κ2) is 6.52. The van der Waals surface area contributed by atoms with E-state index in [-0.39, 0.29) is 5.69 Å². The highest BCUT2D eigenvalue weighted by Crippen LogP contribution is 2.24. The predicted molar refractivity (Wildman–Crippen MR) is 73.6 cm³/mol. The largest absolute Gasteiger partial charge is 0.492 e. The number of rotatable bonds is 5. The summed E-state index contributed by atoms with van der Waals surface area (Å²) in [6.45, 7) is 5.65. The summed E-state index contributed by atoms with van der Waals surface area (Å²) < 4.78 is 5.68. The zero-order valence-electron chi connectivity index (χ0n) is 11.3. The maximum absolute atomic E-state index is 10.7. The summed E-state index contributed by atoms with van der Waals surface area (Å²) in [5.41, 5.74) is 1.02. The van der Waals surface area contributed by atoms with E-state index < -0.39 is 4.92 Å². The Morgan fingerprint density at radius 3 is 2.74 bits per heavy atom. The second-order valence-electron chi connectivity index (χ2n) is 4.96. The Bertz CT molecular complexity index is 442. The van der Waals surface area contributed by atoms with Crippen molar-refractivity contribution in [2.24, 2.45) is 0 Å². The number of piperidine rings is 1. The summed E-state index contributed by atoms with van der Waals surface area (Å²) in [6.07, 6.45) is 3.84. The van der Waals surface area contributed by atoms with Crippen molar-refractivity contribution in [2.75, 3.05) is 26.2 Å². The molecule has 0 atom stereocenters. The van der Waals surface area contributed by atoms with Gasteiger partial charge in [0.05, 0.1) is 11.0 Å². The van der Waals surface area contributed by atoms with Gasteiger partial charge in [-0.25, -0.2) is 0 Å². The third-order valence-corrected chi connectivity index (χ3v) is 3.50. The van der Waals surface area contributed by atoms with Gasteiger partial charge in [0.2, 0.25) is 0 Å². The molecule has 0 saturated carbocycles. The van der Waals surface area contributed by atoms with Gasteiger partial charge in [-0.3, -0.25) is 15.0 Å². The van der Waals surface area contributed by atoms with Crippen molar-refractivity contribution in [1.29, 1.82) is 0 Å². The molecule has 0 aliphatic carbocycles. The van der Waals surface area contributed by atoms with Crippen LogP contribution < -0.4 is 4.74 Å². The quantitative estimate of drug-likeness (QED) is 0.606. The zero-order chi connectivity index (χ0) is 13.7. The van der Waals surface area contributed by atoms with Gasteiger partial charge in [-0.1, -0.05) is 6.42 Å². The molecule has 0 unspecified atom stereocenters. The molecule has 1 fully saturated rings. The van der Waals surface area contributed by atoms with Crippen molar-refractivity contribution in [3.05, 3.63) is 33.9 Å². The number of hydrogen-bond acceptors (Lipinski definition) is 4. The van der Waals surface area contributed by atoms with Gasteiger partial charge in [-0.2, -0.15) is 0 Å². The van der Waals surface area contributed by atoms with Crippen molar-refractivity contribution < 1.29 is 9.66 Å². The van der Waals surface area contributed by atoms with Crippen LogP contribution in [0.25, 0.3) is 0 Å². The van der Waals surface area contributed by atoms with Crippen molar-refractivity contribution >= 4 is 5.69 Å². The number of aryl methyl sites for hydroxylation is 1. The molecule has 1 aliphatic rings. The lowest BCUT2D eigenvalue weighted by Gasteiger charge is -2.26. The minimum Gasteiger partial charge on any atom is -0.492 e. The molecule has 5 nitrogen and oxygen atoms in total. The number of nitro groups is 1. The molecule has 1 aromatic rings. The first-order valence-electron chi connectivity index (χ1n) is 6.77. The molecule has 1 aromatic carbocycles. The van der Waals surface area contributed by atoms with Crippen LogP contribution in [0.15, 0.2) is 18.2 Å². The van der Waals surface area contributed by atoms with Crippen LogP contribution in [0, 0.1) is 17.0 Å². The molecule has 1 heterocycles. The first-order chi connectivity index (χ1) is 9.16. The van der Waals surface area contributed by atoms with Crippen LogP contribution in [0.5, 0.6) is 5.75 Å². The second-order valence-corrected chi connectivity index (χ2v) is 4.96. The Morgan fingerprint density at radius 2 is 2.05 bits per heavy atom. The number of non-ortho nitro benzene ring substituents is 1. The van der Waals surface area contributed by atoms with E-state index in [9.17, 15) is 10.1 Å². The average molecular weight is 264 g/mol. The van der Waals surface area contributed by atoms with E-state index in [1.165, 1.54) is 31.4 Å². The van der Waals surface area contributed by atoms with Crippen LogP contribution in [0.4, 0.5) is 5.69 Å². The van der Waals surface area contributed by atoms with E-state index in [4.69, 9.17) is 4.74 Å². The zero-order valence-corrected chi connectivity index (χ0v) is 11.3. The summed E-state index contributed by atoms with van der Waals surface area (Å²) >= 11 is 0. The fourth-order valence-corrected chi connectivity index (χ4v) is 2.33. The lowest BCUT2D eigenvalue weighted by atomic mass is 10.1. The summed E-state index contributed by atoms with van der Waals surface area (Å²) in [5.74, 6) is 0.617. The first kappa shape index (κ1) is 13.8. The molecule has 0 amide bonds. The van der Waals surface area contributed by atoms with Crippen LogP contribution in [0.3, 0.4) is 0 Å². The number of ether oxygens (including phenoxy) is 1. The molecule has 19 heavy (non-hydrogen) atoms. The maximum Gasteiger partial charge on any atom is 0.273 e. The van der Waals surface area contributed by atoms with Gasteiger partial charge in [0.1, 0.15) is 12.4 Å². The van der Waals surface area contributed by atoms with E-state index in [0.717, 1.165) is 25.2 Å². The predicted octanol–water partition coefficient (Wildman–Crippen LogP) is 2.77. The van der Waals surface area contributed by atoms with Gasteiger partial charge >= 0.3 is 0 Å². The van der Waals surface area contributed by atoms with Crippen molar-refractivity contribution in [2.45, 2.75) is 26.2 Å². The van der Waals surface area contributed by atoms with E-state index in [2.05, 4.69) is 4.90 Å². The standard InChI is InChI=1S/C14H20N2O3/c1-12-5-6-13(16(17)18)11-14(12)19-10-9-15-7-3-2-4-8-15/h5-6,11H,2-4,7-10H2,1H3. The fraction of sp³-hybridized carbons (Fsp3) is 0.571. The Hall–Kier alpha value is -1.62. The van der Waals surface area contributed by atoms with Crippen molar-refractivity contribution in [3.8, 4) is 5.75 Å². The minimum atomic E-state index is -0.392. The van der Waals surface area contributed by atoms with Gasteiger partial charge in [0.25, 0.3) is 5.69 Å². The Balaban J connectivity index is 1.87. The lowest BCUT2D eigenvalue weighted by molar-refractivity contribution is -0.384. The highest BCUT2D eigenvalue weighted by Gasteiger charge is 2.12. The van der Waals surface area contributed by atoms with Crippen molar-refractivity contribution in [1.82, 2.24) is 4.90 Å². The molecule has 0 N–H and O–H groups in total. The molecule has 0 spiro atoms.